The lowest BCUT2D eigenvalue weighted by Gasteiger charge is -2.37. The molecule has 3 atom stereocenters. The predicted molar refractivity (Wildman–Crippen MR) is 157 cm³/mol. The fourth-order valence-electron chi connectivity index (χ4n) is 4.88. The van der Waals surface area contributed by atoms with Crippen LogP contribution < -0.4 is 5.32 Å². The highest BCUT2D eigenvalue weighted by Gasteiger charge is 2.32. The molecule has 8 heteroatoms. The molecule has 41 heavy (non-hydrogen) atoms. The van der Waals surface area contributed by atoms with Crippen molar-refractivity contribution in [2.45, 2.75) is 50.9 Å². The molecule has 1 fully saturated rings. The fraction of sp³-hybridized carbons (Fsp3) is 0.333. The Hall–Kier alpha value is -3.82. The second-order valence-electron chi connectivity index (χ2n) is 10.4. The largest absolute Gasteiger partial charge is 0.481 e. The number of carboxylic acids is 1. The van der Waals surface area contributed by atoms with Crippen molar-refractivity contribution in [1.29, 1.82) is 0 Å². The maximum Gasteiger partial charge on any atom is 0.303 e. The van der Waals surface area contributed by atoms with Gasteiger partial charge in [0.2, 0.25) is 5.91 Å². The van der Waals surface area contributed by atoms with Gasteiger partial charge in [0.1, 0.15) is 0 Å². The Kier molecular flexibility index (Phi) is 10.8. The third-order valence-corrected chi connectivity index (χ3v) is 7.07. The number of hydrogen-bond acceptors (Lipinski definition) is 6. The number of aliphatic hydroxyl groups is 1. The number of aliphatic hydroxyl groups excluding tert-OH is 1. The smallest absolute Gasteiger partial charge is 0.303 e. The van der Waals surface area contributed by atoms with Crippen LogP contribution in [0.2, 0.25) is 0 Å². The van der Waals surface area contributed by atoms with Crippen LogP contribution in [0.25, 0.3) is 11.1 Å². The van der Waals surface area contributed by atoms with E-state index in [4.69, 9.17) is 14.6 Å². The van der Waals surface area contributed by atoms with Crippen LogP contribution in [0, 0.1) is 0 Å². The van der Waals surface area contributed by atoms with Crippen molar-refractivity contribution in [3.63, 3.8) is 0 Å². The van der Waals surface area contributed by atoms with Crippen LogP contribution in [0.15, 0.2) is 85.5 Å². The van der Waals surface area contributed by atoms with Gasteiger partial charge in [0.05, 0.1) is 25.2 Å². The molecule has 0 saturated carbocycles. The molecule has 1 saturated heterocycles. The number of amides is 1. The monoisotopic (exact) mass is 558 g/mol. The Balaban J connectivity index is 1.46. The maximum absolute atomic E-state index is 11.9. The van der Waals surface area contributed by atoms with Crippen molar-refractivity contribution in [2.75, 3.05) is 20.1 Å². The molecule has 0 bridgehead atoms. The highest BCUT2D eigenvalue weighted by Crippen LogP contribution is 2.38. The number of nitrogens with one attached hydrogen (secondary N) is 1. The molecule has 3 unspecified atom stereocenters. The van der Waals surface area contributed by atoms with Crippen LogP contribution in [0.4, 0.5) is 0 Å². The molecule has 3 aromatic rings. The Morgan fingerprint density at radius 2 is 1.71 bits per heavy atom. The fourth-order valence-corrected chi connectivity index (χ4v) is 4.88. The quantitative estimate of drug-likeness (QED) is 0.254. The summed E-state index contributed by atoms with van der Waals surface area (Å²) in [6, 6.07) is 23.8. The lowest BCUT2D eigenvalue weighted by Crippen LogP contribution is -2.37. The van der Waals surface area contributed by atoms with Crippen LogP contribution in [0.5, 0.6) is 0 Å². The molecule has 216 valence electrons. The molecule has 0 radical (unpaired) electrons. The van der Waals surface area contributed by atoms with Gasteiger partial charge in [-0.25, -0.2) is 0 Å². The third kappa shape index (κ3) is 8.83. The minimum absolute atomic E-state index is 0.00317. The number of ether oxygens (including phenoxy) is 2. The number of aliphatic carboxylic acids is 1. The molecule has 1 aliphatic rings. The van der Waals surface area contributed by atoms with Gasteiger partial charge >= 0.3 is 5.97 Å². The average molecular weight is 559 g/mol. The molecule has 8 nitrogen and oxygen atoms in total. The Morgan fingerprint density at radius 1 is 0.976 bits per heavy atom. The van der Waals surface area contributed by atoms with Gasteiger partial charge in [0.15, 0.2) is 6.29 Å². The van der Waals surface area contributed by atoms with Gasteiger partial charge in [-0.1, -0.05) is 72.8 Å². The van der Waals surface area contributed by atoms with Crippen LogP contribution >= 0.6 is 0 Å². The van der Waals surface area contributed by atoms with Crippen LogP contribution in [-0.4, -0.2) is 53.2 Å². The van der Waals surface area contributed by atoms with Crippen molar-refractivity contribution in [2.24, 2.45) is 0 Å². The molecular weight excluding hydrogens is 520 g/mol. The summed E-state index contributed by atoms with van der Waals surface area (Å²) in [7, 11) is 2.05. The first-order valence-corrected chi connectivity index (χ1v) is 13.8. The third-order valence-electron chi connectivity index (χ3n) is 7.07. The Labute approximate surface area is 241 Å². The second-order valence-corrected chi connectivity index (χ2v) is 10.4. The lowest BCUT2D eigenvalue weighted by atomic mass is 9.99. The number of carbonyl (C=O) groups is 2. The molecule has 0 spiro atoms. The number of likely N-dealkylation sites (N-methyl/N-ethyl adjacent to an activating group) is 1. The van der Waals surface area contributed by atoms with Crippen LogP contribution in [-0.2, 0) is 32.2 Å². The van der Waals surface area contributed by atoms with Gasteiger partial charge in [-0.15, -0.1) is 6.58 Å². The van der Waals surface area contributed by atoms with E-state index in [2.05, 4.69) is 16.8 Å². The lowest BCUT2D eigenvalue weighted by molar-refractivity contribution is -0.252. The van der Waals surface area contributed by atoms with E-state index in [-0.39, 0.29) is 37.6 Å². The first-order valence-electron chi connectivity index (χ1n) is 13.8. The molecular formula is C33H38N2O6. The number of nitrogens with zero attached hydrogens (tertiary/aromatic N) is 1. The van der Waals surface area contributed by atoms with Gasteiger partial charge in [0.25, 0.3) is 0 Å². The first-order chi connectivity index (χ1) is 19.8. The molecule has 1 amide bonds. The summed E-state index contributed by atoms with van der Waals surface area (Å²) in [5.74, 6) is -1.27. The standard InChI is InChI=1S/C33H38N2O6/c1-3-17-35(2)21-29-19-30(26-9-7-23(22-36)8-10-26)41-33(40-29)27-13-11-25(12-14-27)28-6-4-5-24(18-28)20-34-31(37)15-16-32(38)39/h3-14,18,29-30,33,36H,1,15-17,19-22H2,2H3,(H,34,37)(H,38,39). The number of rotatable bonds is 13. The zero-order valence-electron chi connectivity index (χ0n) is 23.4. The Morgan fingerprint density at radius 3 is 2.39 bits per heavy atom. The maximum atomic E-state index is 11.9. The van der Waals surface area contributed by atoms with Gasteiger partial charge < -0.3 is 29.9 Å². The topological polar surface area (TPSA) is 108 Å². The van der Waals surface area contributed by atoms with E-state index < -0.39 is 12.3 Å². The number of carbonyl (C=O) groups excluding carboxylic acids is 1. The van der Waals surface area contributed by atoms with E-state index in [0.717, 1.165) is 46.5 Å². The number of benzene rings is 3. The van der Waals surface area contributed by atoms with E-state index in [1.54, 1.807) is 0 Å². The number of carboxylic acid groups (broad SMARTS) is 1. The average Bonchev–Trinajstić information content (AvgIpc) is 2.99. The highest BCUT2D eigenvalue weighted by atomic mass is 16.7. The normalized spacial score (nSPS) is 18.7. The summed E-state index contributed by atoms with van der Waals surface area (Å²) in [4.78, 5) is 24.8. The molecule has 1 heterocycles. The van der Waals surface area contributed by atoms with E-state index >= 15 is 0 Å². The second kappa shape index (κ2) is 14.7. The zero-order chi connectivity index (χ0) is 29.2. The van der Waals surface area contributed by atoms with Crippen LogP contribution in [0.1, 0.15) is 53.9 Å². The molecule has 0 aliphatic carbocycles. The summed E-state index contributed by atoms with van der Waals surface area (Å²) in [6.07, 6.45) is 1.65. The first kappa shape index (κ1) is 30.1. The van der Waals surface area contributed by atoms with Crippen molar-refractivity contribution in [1.82, 2.24) is 10.2 Å². The number of hydrogen-bond donors (Lipinski definition) is 3. The predicted octanol–water partition coefficient (Wildman–Crippen LogP) is 4.99. The summed E-state index contributed by atoms with van der Waals surface area (Å²) in [6.45, 7) is 5.68. The summed E-state index contributed by atoms with van der Waals surface area (Å²) in [5.41, 5.74) is 5.78. The van der Waals surface area contributed by atoms with Gasteiger partial charge in [-0.2, -0.15) is 0 Å². The SMILES string of the molecule is C=CCN(C)CC1CC(c2ccc(CO)cc2)OC(c2ccc(-c3cccc(CNC(=O)CCC(=O)O)c3)cc2)O1. The molecule has 3 aromatic carbocycles. The van der Waals surface area contributed by atoms with Gasteiger partial charge in [-0.3, -0.25) is 9.59 Å². The van der Waals surface area contributed by atoms with Gasteiger partial charge in [-0.05, 0) is 40.9 Å². The van der Waals surface area contributed by atoms with Crippen molar-refractivity contribution in [3.05, 3.63) is 108 Å². The summed E-state index contributed by atoms with van der Waals surface area (Å²) >= 11 is 0. The molecule has 4 rings (SSSR count). The van der Waals surface area contributed by atoms with Crippen molar-refractivity contribution >= 4 is 11.9 Å². The Bertz CT molecular complexity index is 1310. The van der Waals surface area contributed by atoms with E-state index in [1.165, 1.54) is 0 Å². The van der Waals surface area contributed by atoms with Gasteiger partial charge in [0, 0.05) is 38.0 Å². The van der Waals surface area contributed by atoms with Crippen molar-refractivity contribution in [3.8, 4) is 11.1 Å². The van der Waals surface area contributed by atoms with E-state index in [9.17, 15) is 14.7 Å². The summed E-state index contributed by atoms with van der Waals surface area (Å²) in [5, 5.41) is 21.0. The summed E-state index contributed by atoms with van der Waals surface area (Å²) < 4.78 is 12.9. The molecule has 3 N–H and O–H groups in total. The van der Waals surface area contributed by atoms with E-state index in [1.807, 2.05) is 85.9 Å². The van der Waals surface area contributed by atoms with E-state index in [0.29, 0.717) is 13.0 Å². The van der Waals surface area contributed by atoms with Crippen LogP contribution in [0.3, 0.4) is 0 Å². The minimum Gasteiger partial charge on any atom is -0.481 e. The van der Waals surface area contributed by atoms with Crippen molar-refractivity contribution < 1.29 is 29.3 Å². The minimum atomic E-state index is -0.989. The highest BCUT2D eigenvalue weighted by molar-refractivity contribution is 5.80. The molecule has 0 aromatic heterocycles. The molecule has 1 aliphatic heterocycles. The zero-order valence-corrected chi connectivity index (χ0v) is 23.4.